The van der Waals surface area contributed by atoms with Crippen LogP contribution in [0.3, 0.4) is 0 Å². The van der Waals surface area contributed by atoms with E-state index in [0.717, 1.165) is 28.2 Å². The summed E-state index contributed by atoms with van der Waals surface area (Å²) < 4.78 is 10.9. The number of fused-ring (bicyclic) bond motifs is 1. The topological polar surface area (TPSA) is 46.3 Å². The molecule has 1 aliphatic heterocycles. The molecule has 0 radical (unpaired) electrons. The highest BCUT2D eigenvalue weighted by Gasteiger charge is 2.14. The van der Waals surface area contributed by atoms with Crippen LogP contribution in [0.15, 0.2) is 24.3 Å². The number of rotatable bonds is 4. The molecule has 1 aromatic heterocycles. The van der Waals surface area contributed by atoms with Crippen molar-refractivity contribution in [2.75, 3.05) is 26.4 Å². The van der Waals surface area contributed by atoms with Crippen LogP contribution >= 0.6 is 11.6 Å². The van der Waals surface area contributed by atoms with Crippen LogP contribution < -0.4 is 5.32 Å². The van der Waals surface area contributed by atoms with Gasteiger partial charge in [0.25, 0.3) is 0 Å². The van der Waals surface area contributed by atoms with Gasteiger partial charge >= 0.3 is 0 Å². The fraction of sp³-hybridized carbons (Fsp3) is 0.429. The molecule has 2 N–H and O–H groups in total. The second kappa shape index (κ2) is 5.92. The number of aromatic nitrogens is 1. The molecule has 2 heterocycles. The molecule has 0 bridgehead atoms. The van der Waals surface area contributed by atoms with Gasteiger partial charge in [-0.2, -0.15) is 0 Å². The first-order valence-electron chi connectivity index (χ1n) is 6.50. The van der Waals surface area contributed by atoms with Gasteiger partial charge in [0.2, 0.25) is 0 Å². The predicted molar refractivity (Wildman–Crippen MR) is 75.6 cm³/mol. The number of para-hydroxylation sites is 1. The van der Waals surface area contributed by atoms with E-state index in [9.17, 15) is 0 Å². The van der Waals surface area contributed by atoms with Gasteiger partial charge in [0.05, 0.1) is 30.9 Å². The van der Waals surface area contributed by atoms with Gasteiger partial charge in [-0.15, -0.1) is 0 Å². The molecule has 3 rings (SSSR count). The molecule has 2 aromatic rings. The monoisotopic (exact) mass is 280 g/mol. The number of benzene rings is 1. The highest BCUT2D eigenvalue weighted by Crippen LogP contribution is 2.26. The lowest BCUT2D eigenvalue weighted by atomic mass is 10.2. The Labute approximate surface area is 117 Å². The average molecular weight is 281 g/mol. The van der Waals surface area contributed by atoms with Crippen molar-refractivity contribution in [1.82, 2.24) is 10.3 Å². The van der Waals surface area contributed by atoms with Crippen LogP contribution in [0.4, 0.5) is 0 Å². The van der Waals surface area contributed by atoms with Crippen molar-refractivity contribution in [3.63, 3.8) is 0 Å². The molecule has 0 aliphatic carbocycles. The molecule has 1 aromatic carbocycles. The summed E-state index contributed by atoms with van der Waals surface area (Å²) >= 11 is 6.35. The van der Waals surface area contributed by atoms with Crippen molar-refractivity contribution >= 4 is 22.5 Å². The van der Waals surface area contributed by atoms with Crippen LogP contribution in [-0.4, -0.2) is 37.5 Å². The van der Waals surface area contributed by atoms with Gasteiger partial charge in [-0.1, -0.05) is 29.8 Å². The molecule has 1 unspecified atom stereocenters. The van der Waals surface area contributed by atoms with Gasteiger partial charge < -0.3 is 19.8 Å². The summed E-state index contributed by atoms with van der Waals surface area (Å²) in [4.78, 5) is 3.34. The van der Waals surface area contributed by atoms with Crippen LogP contribution in [0, 0.1) is 0 Å². The normalized spacial score (nSPS) is 19.9. The molecule has 1 aliphatic rings. The molecule has 0 spiro atoms. The Morgan fingerprint density at radius 3 is 3.00 bits per heavy atom. The minimum atomic E-state index is 0.136. The van der Waals surface area contributed by atoms with E-state index in [-0.39, 0.29) is 6.10 Å². The first-order valence-corrected chi connectivity index (χ1v) is 6.87. The number of ether oxygens (including phenoxy) is 2. The van der Waals surface area contributed by atoms with Gasteiger partial charge in [0.1, 0.15) is 0 Å². The van der Waals surface area contributed by atoms with Crippen LogP contribution in [0.1, 0.15) is 5.69 Å². The summed E-state index contributed by atoms with van der Waals surface area (Å²) in [5.74, 6) is 0. The molecule has 1 fully saturated rings. The Morgan fingerprint density at radius 1 is 1.32 bits per heavy atom. The molecule has 4 nitrogen and oxygen atoms in total. The summed E-state index contributed by atoms with van der Waals surface area (Å²) in [5.41, 5.74) is 2.08. The molecule has 5 heteroatoms. The van der Waals surface area contributed by atoms with Crippen molar-refractivity contribution in [3.8, 4) is 0 Å². The Kier molecular flexibility index (Phi) is 4.03. The third-order valence-electron chi connectivity index (χ3n) is 3.27. The fourth-order valence-corrected chi connectivity index (χ4v) is 2.58. The molecule has 1 saturated heterocycles. The maximum atomic E-state index is 6.35. The van der Waals surface area contributed by atoms with Gasteiger partial charge in [-0.3, -0.25) is 0 Å². The number of hydrogen-bond acceptors (Lipinski definition) is 3. The van der Waals surface area contributed by atoms with E-state index in [2.05, 4.69) is 10.3 Å². The van der Waals surface area contributed by atoms with Crippen molar-refractivity contribution < 1.29 is 9.47 Å². The van der Waals surface area contributed by atoms with Crippen LogP contribution in [0.2, 0.25) is 5.02 Å². The Hall–Kier alpha value is -1.07. The quantitative estimate of drug-likeness (QED) is 0.904. The lowest BCUT2D eigenvalue weighted by Gasteiger charge is -2.23. The van der Waals surface area contributed by atoms with Crippen LogP contribution in [0.25, 0.3) is 10.9 Å². The molecule has 1 atom stereocenters. The van der Waals surface area contributed by atoms with Gasteiger partial charge in [0.15, 0.2) is 0 Å². The fourth-order valence-electron chi connectivity index (χ4n) is 2.30. The number of halogens is 1. The molecular formula is C14H17ClN2O2. The van der Waals surface area contributed by atoms with Crippen molar-refractivity contribution in [1.29, 1.82) is 0 Å². The standard InChI is InChI=1S/C14H17ClN2O2/c15-14-11-3-1-2-4-12(11)17-13(14)8-16-7-10-9-18-5-6-19-10/h1-4,10,16-17H,5-9H2. The molecule has 19 heavy (non-hydrogen) atoms. The van der Waals surface area contributed by atoms with E-state index in [1.807, 2.05) is 24.3 Å². The Bertz CT molecular complexity index is 549. The summed E-state index contributed by atoms with van der Waals surface area (Å²) in [6.07, 6.45) is 0.136. The lowest BCUT2D eigenvalue weighted by molar-refractivity contribution is -0.0864. The van der Waals surface area contributed by atoms with E-state index in [1.165, 1.54) is 0 Å². The molecule has 102 valence electrons. The number of aromatic amines is 1. The maximum Gasteiger partial charge on any atom is 0.0933 e. The van der Waals surface area contributed by atoms with Crippen LogP contribution in [-0.2, 0) is 16.0 Å². The average Bonchev–Trinajstić information content (AvgIpc) is 2.78. The number of nitrogens with one attached hydrogen (secondary N) is 2. The second-order valence-electron chi connectivity index (χ2n) is 4.66. The highest BCUT2D eigenvalue weighted by atomic mass is 35.5. The van der Waals surface area contributed by atoms with E-state index < -0.39 is 0 Å². The van der Waals surface area contributed by atoms with Crippen molar-refractivity contribution in [2.24, 2.45) is 0 Å². The largest absolute Gasteiger partial charge is 0.376 e. The summed E-state index contributed by atoms with van der Waals surface area (Å²) in [6.45, 7) is 3.51. The predicted octanol–water partition coefficient (Wildman–Crippen LogP) is 2.33. The second-order valence-corrected chi connectivity index (χ2v) is 5.04. The van der Waals surface area contributed by atoms with Crippen LogP contribution in [0.5, 0.6) is 0 Å². The molecule has 0 saturated carbocycles. The number of H-pyrrole nitrogens is 1. The Morgan fingerprint density at radius 2 is 2.21 bits per heavy atom. The molecular weight excluding hydrogens is 264 g/mol. The minimum absolute atomic E-state index is 0.136. The first-order chi connectivity index (χ1) is 9.34. The van der Waals surface area contributed by atoms with Gasteiger partial charge in [-0.05, 0) is 6.07 Å². The van der Waals surface area contributed by atoms with Crippen molar-refractivity contribution in [2.45, 2.75) is 12.6 Å². The summed E-state index contributed by atoms with van der Waals surface area (Å²) in [6, 6.07) is 8.05. The zero-order chi connectivity index (χ0) is 13.1. The third kappa shape index (κ3) is 2.92. The summed E-state index contributed by atoms with van der Waals surface area (Å²) in [7, 11) is 0. The van der Waals surface area contributed by atoms with E-state index in [1.54, 1.807) is 0 Å². The number of hydrogen-bond donors (Lipinski definition) is 2. The highest BCUT2D eigenvalue weighted by molar-refractivity contribution is 6.36. The smallest absolute Gasteiger partial charge is 0.0933 e. The first kappa shape index (κ1) is 12.9. The minimum Gasteiger partial charge on any atom is -0.376 e. The van der Waals surface area contributed by atoms with Gasteiger partial charge in [0, 0.05) is 29.7 Å². The van der Waals surface area contributed by atoms with E-state index >= 15 is 0 Å². The summed E-state index contributed by atoms with van der Waals surface area (Å²) in [5, 5.41) is 5.22. The zero-order valence-electron chi connectivity index (χ0n) is 10.6. The SMILES string of the molecule is Clc1c(CNCC2COCCO2)[nH]c2ccccc12. The van der Waals surface area contributed by atoms with Crippen molar-refractivity contribution in [3.05, 3.63) is 35.0 Å². The van der Waals surface area contributed by atoms with E-state index in [0.29, 0.717) is 26.4 Å². The molecule has 0 amide bonds. The third-order valence-corrected chi connectivity index (χ3v) is 3.70. The van der Waals surface area contributed by atoms with Gasteiger partial charge in [-0.25, -0.2) is 0 Å². The lowest BCUT2D eigenvalue weighted by Crippen LogP contribution is -2.37. The Balaban J connectivity index is 1.60. The maximum absolute atomic E-state index is 6.35. The van der Waals surface area contributed by atoms with E-state index in [4.69, 9.17) is 21.1 Å². The zero-order valence-corrected chi connectivity index (χ0v) is 11.4.